The first-order chi connectivity index (χ1) is 8.36. The van der Waals surface area contributed by atoms with Crippen LogP contribution in [0, 0.1) is 0 Å². The van der Waals surface area contributed by atoms with Crippen LogP contribution in [-0.4, -0.2) is 45.6 Å². The number of aromatic nitrogens is 1. The summed E-state index contributed by atoms with van der Waals surface area (Å²) in [6, 6.07) is 3.77. The quantitative estimate of drug-likeness (QED) is 0.664. The molecule has 1 N–H and O–H groups in total. The third-order valence-electron chi connectivity index (χ3n) is 2.17. The Hall–Kier alpha value is -1.33. The van der Waals surface area contributed by atoms with Crippen LogP contribution in [0.2, 0.25) is 0 Å². The summed E-state index contributed by atoms with van der Waals surface area (Å²) < 4.78 is 15.2. The zero-order chi connectivity index (χ0) is 12.3. The van der Waals surface area contributed by atoms with Crippen molar-refractivity contribution in [2.24, 2.45) is 0 Å². The minimum atomic E-state index is 0.624. The van der Waals surface area contributed by atoms with E-state index >= 15 is 0 Å². The van der Waals surface area contributed by atoms with E-state index in [9.17, 15) is 0 Å². The van der Waals surface area contributed by atoms with Crippen molar-refractivity contribution in [3.63, 3.8) is 0 Å². The molecule has 5 nitrogen and oxygen atoms in total. The minimum Gasteiger partial charge on any atom is -0.481 e. The summed E-state index contributed by atoms with van der Waals surface area (Å²) >= 11 is 0. The highest BCUT2D eigenvalue weighted by Gasteiger charge is 1.94. The van der Waals surface area contributed by atoms with E-state index in [-0.39, 0.29) is 0 Å². The maximum atomic E-state index is 5.35. The SMILES string of the molecule is COCCOCCCNc1ccc(OC)nc1. The highest BCUT2D eigenvalue weighted by atomic mass is 16.5. The van der Waals surface area contributed by atoms with Gasteiger partial charge in [-0.1, -0.05) is 0 Å². The van der Waals surface area contributed by atoms with Crippen molar-refractivity contribution in [1.82, 2.24) is 4.98 Å². The van der Waals surface area contributed by atoms with Crippen molar-refractivity contribution in [3.05, 3.63) is 18.3 Å². The van der Waals surface area contributed by atoms with Gasteiger partial charge in [0.15, 0.2) is 0 Å². The lowest BCUT2D eigenvalue weighted by atomic mass is 10.4. The Morgan fingerprint density at radius 3 is 2.71 bits per heavy atom. The monoisotopic (exact) mass is 240 g/mol. The van der Waals surface area contributed by atoms with Crippen LogP contribution in [0.15, 0.2) is 18.3 Å². The lowest BCUT2D eigenvalue weighted by molar-refractivity contribution is 0.0705. The van der Waals surface area contributed by atoms with Crippen molar-refractivity contribution < 1.29 is 14.2 Å². The second-order valence-electron chi connectivity index (χ2n) is 3.47. The first-order valence-electron chi connectivity index (χ1n) is 5.67. The van der Waals surface area contributed by atoms with E-state index in [0.717, 1.165) is 25.3 Å². The molecule has 17 heavy (non-hydrogen) atoms. The number of pyridine rings is 1. The summed E-state index contributed by atoms with van der Waals surface area (Å²) in [5.74, 6) is 0.624. The summed E-state index contributed by atoms with van der Waals surface area (Å²) in [6.07, 6.45) is 2.71. The van der Waals surface area contributed by atoms with E-state index in [2.05, 4.69) is 10.3 Å². The maximum absolute atomic E-state index is 5.35. The molecule has 0 bridgehead atoms. The van der Waals surface area contributed by atoms with E-state index in [4.69, 9.17) is 14.2 Å². The molecule has 1 aromatic rings. The Bertz CT molecular complexity index is 290. The second-order valence-corrected chi connectivity index (χ2v) is 3.47. The van der Waals surface area contributed by atoms with Crippen molar-refractivity contribution in [2.45, 2.75) is 6.42 Å². The van der Waals surface area contributed by atoms with Gasteiger partial charge in [0.25, 0.3) is 0 Å². The minimum absolute atomic E-state index is 0.624. The molecule has 0 unspecified atom stereocenters. The molecular weight excluding hydrogens is 220 g/mol. The second kappa shape index (κ2) is 8.78. The third-order valence-corrected chi connectivity index (χ3v) is 2.17. The summed E-state index contributed by atoms with van der Waals surface area (Å²) in [6.45, 7) is 2.90. The fourth-order valence-electron chi connectivity index (χ4n) is 1.26. The maximum Gasteiger partial charge on any atom is 0.213 e. The molecule has 1 heterocycles. The zero-order valence-electron chi connectivity index (χ0n) is 10.4. The van der Waals surface area contributed by atoms with Gasteiger partial charge in [-0.3, -0.25) is 0 Å². The highest BCUT2D eigenvalue weighted by molar-refractivity contribution is 5.41. The van der Waals surface area contributed by atoms with Gasteiger partial charge in [0.1, 0.15) is 0 Å². The Morgan fingerprint density at radius 1 is 1.18 bits per heavy atom. The summed E-state index contributed by atoms with van der Waals surface area (Å²) in [5.41, 5.74) is 0.989. The van der Waals surface area contributed by atoms with Crippen LogP contribution in [0.25, 0.3) is 0 Å². The van der Waals surface area contributed by atoms with Crippen molar-refractivity contribution in [3.8, 4) is 5.88 Å². The van der Waals surface area contributed by atoms with E-state index < -0.39 is 0 Å². The molecule has 0 aliphatic heterocycles. The average Bonchev–Trinajstić information content (AvgIpc) is 2.38. The first-order valence-corrected chi connectivity index (χ1v) is 5.67. The molecule has 5 heteroatoms. The summed E-state index contributed by atoms with van der Waals surface area (Å²) in [4.78, 5) is 4.10. The van der Waals surface area contributed by atoms with Gasteiger partial charge >= 0.3 is 0 Å². The third kappa shape index (κ3) is 6.09. The Kier molecular flexibility index (Phi) is 7.09. The standard InChI is InChI=1S/C12H20N2O3/c1-15-8-9-17-7-3-6-13-11-4-5-12(16-2)14-10-11/h4-5,10,13H,3,6-9H2,1-2H3. The van der Waals surface area contributed by atoms with Crippen LogP contribution >= 0.6 is 0 Å². The molecule has 0 atom stereocenters. The van der Waals surface area contributed by atoms with Gasteiger partial charge < -0.3 is 19.5 Å². The number of nitrogens with one attached hydrogen (secondary N) is 1. The van der Waals surface area contributed by atoms with E-state index in [1.54, 1.807) is 20.4 Å². The Balaban J connectivity index is 2.05. The van der Waals surface area contributed by atoms with E-state index in [1.807, 2.05) is 12.1 Å². The van der Waals surface area contributed by atoms with Crippen molar-refractivity contribution in [2.75, 3.05) is 45.9 Å². The van der Waals surface area contributed by atoms with Crippen molar-refractivity contribution >= 4 is 5.69 Å². The fraction of sp³-hybridized carbons (Fsp3) is 0.583. The summed E-state index contributed by atoms with van der Waals surface area (Å²) in [7, 11) is 3.27. The molecule has 0 aromatic carbocycles. The number of nitrogens with zero attached hydrogens (tertiary/aromatic N) is 1. The smallest absolute Gasteiger partial charge is 0.213 e. The molecule has 0 radical (unpaired) electrons. The van der Waals surface area contributed by atoms with Crippen LogP contribution in [0.5, 0.6) is 5.88 Å². The summed E-state index contributed by atoms with van der Waals surface area (Å²) in [5, 5.41) is 3.26. The molecule has 0 aliphatic rings. The van der Waals surface area contributed by atoms with Gasteiger partial charge in [-0.2, -0.15) is 0 Å². The Morgan fingerprint density at radius 2 is 2.06 bits per heavy atom. The number of ether oxygens (including phenoxy) is 3. The molecular formula is C12H20N2O3. The average molecular weight is 240 g/mol. The number of anilines is 1. The number of methoxy groups -OCH3 is 2. The zero-order valence-corrected chi connectivity index (χ0v) is 10.4. The molecule has 0 saturated carbocycles. The lowest BCUT2D eigenvalue weighted by Gasteiger charge is -2.07. The molecule has 0 fully saturated rings. The molecule has 1 rings (SSSR count). The Labute approximate surface area is 102 Å². The first kappa shape index (κ1) is 13.7. The number of rotatable bonds is 9. The van der Waals surface area contributed by atoms with Gasteiger partial charge in [-0.15, -0.1) is 0 Å². The van der Waals surface area contributed by atoms with Gasteiger partial charge in [-0.05, 0) is 12.5 Å². The van der Waals surface area contributed by atoms with Gasteiger partial charge in [0.2, 0.25) is 5.88 Å². The molecule has 1 aromatic heterocycles. The van der Waals surface area contributed by atoms with Crippen molar-refractivity contribution in [1.29, 1.82) is 0 Å². The van der Waals surface area contributed by atoms with Crippen LogP contribution in [0.4, 0.5) is 5.69 Å². The number of hydrogen-bond acceptors (Lipinski definition) is 5. The van der Waals surface area contributed by atoms with Crippen LogP contribution in [0.3, 0.4) is 0 Å². The number of hydrogen-bond donors (Lipinski definition) is 1. The van der Waals surface area contributed by atoms with Gasteiger partial charge in [-0.25, -0.2) is 4.98 Å². The molecule has 96 valence electrons. The van der Waals surface area contributed by atoms with Crippen LogP contribution in [0.1, 0.15) is 6.42 Å². The highest BCUT2D eigenvalue weighted by Crippen LogP contribution is 2.10. The largest absolute Gasteiger partial charge is 0.481 e. The van der Waals surface area contributed by atoms with Crippen LogP contribution in [-0.2, 0) is 9.47 Å². The topological polar surface area (TPSA) is 52.6 Å². The molecule has 0 saturated heterocycles. The predicted octanol–water partition coefficient (Wildman–Crippen LogP) is 1.56. The molecule has 0 spiro atoms. The predicted molar refractivity (Wildman–Crippen MR) is 66.6 cm³/mol. The van der Waals surface area contributed by atoms with E-state index in [1.165, 1.54) is 0 Å². The lowest BCUT2D eigenvalue weighted by Crippen LogP contribution is -2.08. The van der Waals surface area contributed by atoms with Gasteiger partial charge in [0, 0.05) is 26.3 Å². The fourth-order valence-corrected chi connectivity index (χ4v) is 1.26. The van der Waals surface area contributed by atoms with Crippen LogP contribution < -0.4 is 10.1 Å². The van der Waals surface area contributed by atoms with Gasteiger partial charge in [0.05, 0.1) is 32.2 Å². The molecule has 0 aliphatic carbocycles. The van der Waals surface area contributed by atoms with E-state index in [0.29, 0.717) is 19.1 Å². The molecule has 0 amide bonds. The normalized spacial score (nSPS) is 10.2.